The SMILES string of the molecule is O=C(NCc1ccc2c(c1)OCO2)C1CC(=O)N(c2cccc(-c3noc(-c4cccs4)n3)c2)C1. The topological polar surface area (TPSA) is 107 Å². The maximum Gasteiger partial charge on any atom is 0.268 e. The summed E-state index contributed by atoms with van der Waals surface area (Å²) in [4.78, 5) is 32.6. The number of rotatable bonds is 6. The fourth-order valence-electron chi connectivity index (χ4n) is 4.17. The lowest BCUT2D eigenvalue weighted by Crippen LogP contribution is -2.32. The Morgan fingerprint density at radius 2 is 2.03 bits per heavy atom. The highest BCUT2D eigenvalue weighted by Crippen LogP contribution is 2.33. The third-order valence-electron chi connectivity index (χ3n) is 5.97. The van der Waals surface area contributed by atoms with Crippen molar-refractivity contribution in [1.29, 1.82) is 0 Å². The fourth-order valence-corrected chi connectivity index (χ4v) is 4.82. The Kier molecular flexibility index (Phi) is 5.42. The Morgan fingerprint density at radius 3 is 2.91 bits per heavy atom. The third kappa shape index (κ3) is 4.24. The lowest BCUT2D eigenvalue weighted by molar-refractivity contribution is -0.126. The minimum atomic E-state index is -0.434. The number of nitrogens with one attached hydrogen (secondary N) is 1. The molecule has 1 unspecified atom stereocenters. The Bertz CT molecular complexity index is 1400. The summed E-state index contributed by atoms with van der Waals surface area (Å²) in [6.07, 6.45) is 0.155. The Balaban J connectivity index is 1.12. The monoisotopic (exact) mass is 488 g/mol. The molecule has 0 saturated carbocycles. The highest BCUT2D eigenvalue weighted by molar-refractivity contribution is 7.13. The van der Waals surface area contributed by atoms with E-state index in [-0.39, 0.29) is 25.0 Å². The number of nitrogens with zero attached hydrogens (tertiary/aromatic N) is 3. The zero-order valence-corrected chi connectivity index (χ0v) is 19.3. The summed E-state index contributed by atoms with van der Waals surface area (Å²) in [6, 6.07) is 16.8. The van der Waals surface area contributed by atoms with Gasteiger partial charge in [-0.15, -0.1) is 11.3 Å². The summed E-state index contributed by atoms with van der Waals surface area (Å²) in [6.45, 7) is 0.858. The van der Waals surface area contributed by atoms with Crippen molar-refractivity contribution in [2.45, 2.75) is 13.0 Å². The molecule has 4 aromatic rings. The molecule has 176 valence electrons. The second-order valence-corrected chi connectivity index (χ2v) is 9.21. The number of benzene rings is 2. The average Bonchev–Trinajstić information content (AvgIpc) is 3.68. The molecule has 2 aromatic heterocycles. The van der Waals surface area contributed by atoms with E-state index in [9.17, 15) is 9.59 Å². The molecule has 0 bridgehead atoms. The molecule has 0 radical (unpaired) electrons. The van der Waals surface area contributed by atoms with Gasteiger partial charge >= 0.3 is 0 Å². The largest absolute Gasteiger partial charge is 0.454 e. The number of aromatic nitrogens is 2. The summed E-state index contributed by atoms with van der Waals surface area (Å²) in [5.41, 5.74) is 2.33. The van der Waals surface area contributed by atoms with Crippen LogP contribution >= 0.6 is 11.3 Å². The Hall–Kier alpha value is -4.18. The van der Waals surface area contributed by atoms with Gasteiger partial charge in [-0.1, -0.05) is 29.4 Å². The van der Waals surface area contributed by atoms with E-state index >= 15 is 0 Å². The number of hydrogen-bond donors (Lipinski definition) is 1. The van der Waals surface area contributed by atoms with E-state index in [0.717, 1.165) is 16.0 Å². The van der Waals surface area contributed by atoms with Gasteiger partial charge < -0.3 is 24.2 Å². The van der Waals surface area contributed by atoms with Gasteiger partial charge in [0, 0.05) is 30.8 Å². The number of anilines is 1. The number of ether oxygens (including phenoxy) is 2. The van der Waals surface area contributed by atoms with E-state index in [1.54, 1.807) is 4.90 Å². The van der Waals surface area contributed by atoms with Crippen LogP contribution in [0.1, 0.15) is 12.0 Å². The van der Waals surface area contributed by atoms with E-state index in [1.807, 2.05) is 60.0 Å². The van der Waals surface area contributed by atoms with Crippen LogP contribution in [0.15, 0.2) is 64.5 Å². The number of carbonyl (C=O) groups excluding carboxylic acids is 2. The molecule has 2 aromatic carbocycles. The Labute approximate surface area is 204 Å². The van der Waals surface area contributed by atoms with Crippen molar-refractivity contribution >= 4 is 28.8 Å². The minimum absolute atomic E-state index is 0.0993. The zero-order chi connectivity index (χ0) is 23.8. The van der Waals surface area contributed by atoms with Crippen molar-refractivity contribution in [3.8, 4) is 33.7 Å². The quantitative estimate of drug-likeness (QED) is 0.439. The van der Waals surface area contributed by atoms with E-state index < -0.39 is 5.92 Å². The van der Waals surface area contributed by atoms with Gasteiger partial charge in [-0.25, -0.2) is 0 Å². The van der Waals surface area contributed by atoms with Gasteiger partial charge in [-0.2, -0.15) is 4.98 Å². The van der Waals surface area contributed by atoms with E-state index in [4.69, 9.17) is 14.0 Å². The van der Waals surface area contributed by atoms with Gasteiger partial charge in [0.25, 0.3) is 5.89 Å². The molecule has 4 heterocycles. The van der Waals surface area contributed by atoms with Gasteiger partial charge in [0.2, 0.25) is 24.4 Å². The minimum Gasteiger partial charge on any atom is -0.454 e. The summed E-state index contributed by atoms with van der Waals surface area (Å²) < 4.78 is 16.1. The smallest absolute Gasteiger partial charge is 0.268 e. The summed E-state index contributed by atoms with van der Waals surface area (Å²) >= 11 is 1.52. The van der Waals surface area contributed by atoms with Crippen LogP contribution in [0.2, 0.25) is 0 Å². The highest BCUT2D eigenvalue weighted by Gasteiger charge is 2.35. The summed E-state index contributed by atoms with van der Waals surface area (Å²) in [5, 5.41) is 8.96. The Morgan fingerprint density at radius 1 is 1.11 bits per heavy atom. The second-order valence-electron chi connectivity index (χ2n) is 8.26. The van der Waals surface area contributed by atoms with Gasteiger partial charge in [0.15, 0.2) is 11.5 Å². The van der Waals surface area contributed by atoms with Crippen LogP contribution in [0.3, 0.4) is 0 Å². The first kappa shape index (κ1) is 21.4. The first-order valence-corrected chi connectivity index (χ1v) is 12.0. The molecule has 1 N–H and O–H groups in total. The lowest BCUT2D eigenvalue weighted by Gasteiger charge is -2.17. The summed E-state index contributed by atoms with van der Waals surface area (Å²) in [5.74, 6) is 1.57. The molecule has 6 rings (SSSR count). The molecule has 1 saturated heterocycles. The number of amides is 2. The number of thiophene rings is 1. The average molecular weight is 489 g/mol. The van der Waals surface area contributed by atoms with Crippen LogP contribution in [-0.2, 0) is 16.1 Å². The molecule has 9 nitrogen and oxygen atoms in total. The number of carbonyl (C=O) groups is 2. The van der Waals surface area contributed by atoms with Gasteiger partial charge in [0.05, 0.1) is 10.8 Å². The van der Waals surface area contributed by atoms with Gasteiger partial charge in [-0.05, 0) is 41.3 Å². The first-order chi connectivity index (χ1) is 17.1. The fraction of sp³-hybridized carbons (Fsp3) is 0.200. The third-order valence-corrected chi connectivity index (χ3v) is 6.83. The molecule has 10 heteroatoms. The first-order valence-electron chi connectivity index (χ1n) is 11.1. The van der Waals surface area contributed by atoms with Crippen molar-refractivity contribution in [3.63, 3.8) is 0 Å². The van der Waals surface area contributed by atoms with Crippen molar-refractivity contribution in [2.24, 2.45) is 5.92 Å². The highest BCUT2D eigenvalue weighted by atomic mass is 32.1. The van der Waals surface area contributed by atoms with Crippen LogP contribution in [0.5, 0.6) is 11.5 Å². The van der Waals surface area contributed by atoms with Crippen LogP contribution in [-0.4, -0.2) is 35.3 Å². The predicted octanol–water partition coefficient (Wildman–Crippen LogP) is 3.86. The lowest BCUT2D eigenvalue weighted by atomic mass is 10.1. The van der Waals surface area contributed by atoms with Crippen LogP contribution in [0.25, 0.3) is 22.2 Å². The van der Waals surface area contributed by atoms with Crippen LogP contribution < -0.4 is 19.7 Å². The van der Waals surface area contributed by atoms with Crippen LogP contribution in [0, 0.1) is 5.92 Å². The molecular weight excluding hydrogens is 468 g/mol. The normalized spacial score (nSPS) is 16.6. The molecule has 0 aliphatic carbocycles. The molecule has 1 atom stereocenters. The van der Waals surface area contributed by atoms with Crippen molar-refractivity contribution in [3.05, 3.63) is 65.5 Å². The van der Waals surface area contributed by atoms with E-state index in [0.29, 0.717) is 42.0 Å². The van der Waals surface area contributed by atoms with Crippen molar-refractivity contribution in [1.82, 2.24) is 15.5 Å². The maximum absolute atomic E-state index is 12.8. The van der Waals surface area contributed by atoms with Crippen LogP contribution in [0.4, 0.5) is 5.69 Å². The standard InChI is InChI=1S/C25H20N4O5S/c30-22-11-17(24(31)26-12-15-6-7-19-20(9-15)33-14-32-19)13-29(22)18-4-1-3-16(10-18)23-27-25(34-28-23)21-5-2-8-35-21/h1-10,17H,11-14H2,(H,26,31). The number of fused-ring (bicyclic) bond motifs is 1. The van der Waals surface area contributed by atoms with Crippen molar-refractivity contribution in [2.75, 3.05) is 18.2 Å². The van der Waals surface area contributed by atoms with Gasteiger partial charge in [-0.3, -0.25) is 9.59 Å². The molecule has 2 amide bonds. The molecular formula is C25H20N4O5S. The molecule has 1 fully saturated rings. The molecule has 2 aliphatic rings. The maximum atomic E-state index is 12.8. The molecule has 35 heavy (non-hydrogen) atoms. The predicted molar refractivity (Wildman–Crippen MR) is 128 cm³/mol. The second kappa shape index (κ2) is 8.88. The van der Waals surface area contributed by atoms with Crippen molar-refractivity contribution < 1.29 is 23.6 Å². The zero-order valence-electron chi connectivity index (χ0n) is 18.5. The number of hydrogen-bond acceptors (Lipinski definition) is 8. The molecule has 2 aliphatic heterocycles. The van der Waals surface area contributed by atoms with Gasteiger partial charge in [0.1, 0.15) is 0 Å². The summed E-state index contributed by atoms with van der Waals surface area (Å²) in [7, 11) is 0. The van der Waals surface area contributed by atoms with E-state index in [1.165, 1.54) is 11.3 Å². The van der Waals surface area contributed by atoms with E-state index in [2.05, 4.69) is 15.5 Å². The molecule has 0 spiro atoms.